The molecule has 0 N–H and O–H groups in total. The molecule has 2 atom stereocenters. The third-order valence-corrected chi connectivity index (χ3v) is 5.35. The molecule has 0 spiro atoms. The minimum Gasteiger partial charge on any atom is -0.468 e. The molecule has 17 heavy (non-hydrogen) atoms. The van der Waals surface area contributed by atoms with Crippen LogP contribution in [0.3, 0.4) is 0 Å². The molecule has 0 saturated heterocycles. The number of hydrogen-bond donors (Lipinski definition) is 0. The second kappa shape index (κ2) is 5.76. The number of hydrogen-bond acceptors (Lipinski definition) is 6. The molecule has 0 aromatic carbocycles. The summed E-state index contributed by atoms with van der Waals surface area (Å²) in [5, 5.41) is 0. The molecule has 0 radical (unpaired) electrons. The number of esters is 1. The number of ether oxygens (including phenoxy) is 1. The molecule has 7 heteroatoms. The van der Waals surface area contributed by atoms with Crippen LogP contribution in [0.25, 0.3) is 0 Å². The monoisotopic (exact) mass is 264 g/mol. The highest BCUT2D eigenvalue weighted by molar-refractivity contribution is 7.55. The van der Waals surface area contributed by atoms with Crippen LogP contribution in [0.15, 0.2) is 0 Å². The summed E-state index contributed by atoms with van der Waals surface area (Å²) in [6.45, 7) is 0. The van der Waals surface area contributed by atoms with E-state index in [-0.39, 0.29) is 18.1 Å². The molecule has 0 aliphatic heterocycles. The van der Waals surface area contributed by atoms with Crippen molar-refractivity contribution in [2.24, 2.45) is 5.92 Å². The van der Waals surface area contributed by atoms with Crippen molar-refractivity contribution in [3.8, 4) is 0 Å². The SMILES string of the molecule is COC(=O)C([C@@H]1CCC(=O)C1)P(=O)(OC)OC. The van der Waals surface area contributed by atoms with Crippen molar-refractivity contribution in [1.82, 2.24) is 0 Å². The van der Waals surface area contributed by atoms with E-state index in [1.807, 2.05) is 0 Å². The fourth-order valence-electron chi connectivity index (χ4n) is 2.11. The number of Topliss-reactive ketones (excluding diaryl/α,β-unsaturated/α-hetero) is 1. The quantitative estimate of drug-likeness (QED) is 0.551. The number of ketones is 1. The summed E-state index contributed by atoms with van der Waals surface area (Å²) in [4.78, 5) is 23.0. The van der Waals surface area contributed by atoms with Crippen molar-refractivity contribution in [2.45, 2.75) is 24.9 Å². The fraction of sp³-hybridized carbons (Fsp3) is 0.800. The molecular weight excluding hydrogens is 247 g/mol. The highest BCUT2D eigenvalue weighted by Gasteiger charge is 2.48. The lowest BCUT2D eigenvalue weighted by atomic mass is 10.0. The van der Waals surface area contributed by atoms with Crippen LogP contribution in [0.1, 0.15) is 19.3 Å². The van der Waals surface area contributed by atoms with Crippen molar-refractivity contribution in [3.05, 3.63) is 0 Å². The molecule has 1 rings (SSSR count). The molecule has 0 heterocycles. The molecule has 1 unspecified atom stereocenters. The van der Waals surface area contributed by atoms with Crippen LogP contribution in [0.2, 0.25) is 0 Å². The lowest BCUT2D eigenvalue weighted by molar-refractivity contribution is -0.141. The normalized spacial score (nSPS) is 22.5. The van der Waals surface area contributed by atoms with Gasteiger partial charge in [0.25, 0.3) is 0 Å². The van der Waals surface area contributed by atoms with Crippen molar-refractivity contribution >= 4 is 19.3 Å². The van der Waals surface area contributed by atoms with E-state index < -0.39 is 19.2 Å². The largest absolute Gasteiger partial charge is 0.468 e. The number of rotatable bonds is 5. The zero-order valence-electron chi connectivity index (χ0n) is 10.2. The van der Waals surface area contributed by atoms with Gasteiger partial charge in [0.1, 0.15) is 5.78 Å². The van der Waals surface area contributed by atoms with Crippen LogP contribution in [-0.2, 0) is 27.9 Å². The van der Waals surface area contributed by atoms with Crippen LogP contribution >= 0.6 is 7.60 Å². The number of carbonyl (C=O) groups excluding carboxylic acids is 2. The summed E-state index contributed by atoms with van der Waals surface area (Å²) < 4.78 is 26.6. The van der Waals surface area contributed by atoms with Gasteiger partial charge in [0.2, 0.25) is 0 Å². The van der Waals surface area contributed by atoms with Crippen LogP contribution in [0.5, 0.6) is 0 Å². The zero-order chi connectivity index (χ0) is 13.1. The first-order chi connectivity index (χ1) is 7.98. The lowest BCUT2D eigenvalue weighted by Crippen LogP contribution is -2.31. The molecule has 0 bridgehead atoms. The molecule has 6 nitrogen and oxygen atoms in total. The summed E-state index contributed by atoms with van der Waals surface area (Å²) >= 11 is 0. The molecule has 0 aromatic heterocycles. The van der Waals surface area contributed by atoms with Gasteiger partial charge < -0.3 is 13.8 Å². The molecule has 0 amide bonds. The van der Waals surface area contributed by atoms with Crippen molar-refractivity contribution < 1.29 is 27.9 Å². The van der Waals surface area contributed by atoms with Gasteiger partial charge in [-0.05, 0) is 12.3 Å². The number of carbonyl (C=O) groups is 2. The van der Waals surface area contributed by atoms with Gasteiger partial charge in [0.05, 0.1) is 7.11 Å². The Morgan fingerprint density at radius 3 is 2.29 bits per heavy atom. The molecule has 0 aromatic rings. The maximum absolute atomic E-state index is 12.3. The van der Waals surface area contributed by atoms with Crippen molar-refractivity contribution in [1.29, 1.82) is 0 Å². The first kappa shape index (κ1) is 14.4. The Morgan fingerprint density at radius 2 is 1.94 bits per heavy atom. The van der Waals surface area contributed by atoms with Gasteiger partial charge in [-0.25, -0.2) is 0 Å². The highest BCUT2D eigenvalue weighted by atomic mass is 31.2. The summed E-state index contributed by atoms with van der Waals surface area (Å²) in [5.74, 6) is -0.930. The third kappa shape index (κ3) is 2.94. The second-order valence-corrected chi connectivity index (χ2v) is 6.28. The van der Waals surface area contributed by atoms with E-state index in [9.17, 15) is 14.2 Å². The minimum atomic E-state index is -3.57. The second-order valence-electron chi connectivity index (χ2n) is 3.91. The van der Waals surface area contributed by atoms with Crippen LogP contribution in [-0.4, -0.2) is 38.7 Å². The average Bonchev–Trinajstić information content (AvgIpc) is 2.75. The van der Waals surface area contributed by atoms with Gasteiger partial charge in [0, 0.05) is 27.1 Å². The standard InChI is InChI=1S/C10H17O6P/c1-14-10(12)9(17(13,15-2)16-3)7-4-5-8(11)6-7/h7,9H,4-6H2,1-3H3/t7-,9?/m1/s1. The Morgan fingerprint density at radius 1 is 1.35 bits per heavy atom. The van der Waals surface area contributed by atoms with E-state index in [4.69, 9.17) is 9.05 Å². The zero-order valence-corrected chi connectivity index (χ0v) is 11.1. The maximum atomic E-state index is 12.3. The van der Waals surface area contributed by atoms with Gasteiger partial charge in [0.15, 0.2) is 5.66 Å². The summed E-state index contributed by atoms with van der Waals surface area (Å²) in [6.07, 6.45) is 1.12. The predicted octanol–water partition coefficient (Wildman–Crippen LogP) is 1.38. The summed E-state index contributed by atoms with van der Waals surface area (Å²) in [7, 11) is 0.0822. The molecule has 1 aliphatic carbocycles. The Kier molecular flexibility index (Phi) is 4.86. The van der Waals surface area contributed by atoms with E-state index in [2.05, 4.69) is 4.74 Å². The van der Waals surface area contributed by atoms with Crippen LogP contribution < -0.4 is 0 Å². The first-order valence-corrected chi connectivity index (χ1v) is 6.90. The molecular formula is C10H17O6P. The predicted molar refractivity (Wildman–Crippen MR) is 59.8 cm³/mol. The van der Waals surface area contributed by atoms with E-state index in [1.165, 1.54) is 21.3 Å². The van der Waals surface area contributed by atoms with E-state index in [1.54, 1.807) is 0 Å². The van der Waals surface area contributed by atoms with Gasteiger partial charge in [-0.15, -0.1) is 0 Å². The fourth-order valence-corrected chi connectivity index (χ4v) is 3.85. The number of methoxy groups -OCH3 is 1. The summed E-state index contributed by atoms with van der Waals surface area (Å²) in [6, 6.07) is 0. The topological polar surface area (TPSA) is 78.9 Å². The van der Waals surface area contributed by atoms with E-state index in [0.29, 0.717) is 12.8 Å². The van der Waals surface area contributed by atoms with Gasteiger partial charge in [-0.1, -0.05) is 0 Å². The maximum Gasteiger partial charge on any atom is 0.344 e. The molecule has 1 fully saturated rings. The smallest absolute Gasteiger partial charge is 0.344 e. The Hall–Kier alpha value is -0.710. The highest BCUT2D eigenvalue weighted by Crippen LogP contribution is 2.56. The third-order valence-electron chi connectivity index (χ3n) is 3.02. The summed E-state index contributed by atoms with van der Waals surface area (Å²) in [5.41, 5.74) is -1.02. The lowest BCUT2D eigenvalue weighted by Gasteiger charge is -2.26. The Balaban J connectivity index is 2.99. The van der Waals surface area contributed by atoms with Gasteiger partial charge in [-0.3, -0.25) is 14.2 Å². The van der Waals surface area contributed by atoms with Gasteiger partial charge in [-0.2, -0.15) is 0 Å². The van der Waals surface area contributed by atoms with Crippen molar-refractivity contribution in [3.63, 3.8) is 0 Å². The first-order valence-electron chi connectivity index (χ1n) is 5.29. The van der Waals surface area contributed by atoms with Crippen LogP contribution in [0.4, 0.5) is 0 Å². The van der Waals surface area contributed by atoms with E-state index >= 15 is 0 Å². The molecule has 98 valence electrons. The molecule has 1 aliphatic rings. The average molecular weight is 264 g/mol. The molecule has 1 saturated carbocycles. The minimum absolute atomic E-state index is 0.0580. The Bertz CT molecular complexity index is 345. The Labute approximate surface area is 100 Å². The van der Waals surface area contributed by atoms with Crippen molar-refractivity contribution in [2.75, 3.05) is 21.3 Å². The van der Waals surface area contributed by atoms with E-state index in [0.717, 1.165) is 0 Å². The van der Waals surface area contributed by atoms with Crippen LogP contribution in [0, 0.1) is 5.92 Å². The van der Waals surface area contributed by atoms with Gasteiger partial charge >= 0.3 is 13.6 Å².